The van der Waals surface area contributed by atoms with Crippen molar-refractivity contribution < 1.29 is 9.59 Å². The Morgan fingerprint density at radius 1 is 1.32 bits per heavy atom. The fourth-order valence-electron chi connectivity index (χ4n) is 4.73. The van der Waals surface area contributed by atoms with E-state index in [4.69, 9.17) is 0 Å². The summed E-state index contributed by atoms with van der Waals surface area (Å²) in [5, 5.41) is 5.89. The maximum atomic E-state index is 12.7. The number of aryl methyl sites for hydroxylation is 2. The Morgan fingerprint density at radius 2 is 2.11 bits per heavy atom. The maximum Gasteiger partial charge on any atom is 0.237 e. The molecule has 2 amide bonds. The van der Waals surface area contributed by atoms with E-state index in [1.807, 2.05) is 25.1 Å². The molecule has 7 nitrogen and oxygen atoms in total. The van der Waals surface area contributed by atoms with E-state index in [2.05, 4.69) is 32.0 Å². The van der Waals surface area contributed by atoms with Gasteiger partial charge < -0.3 is 15.2 Å². The zero-order chi connectivity index (χ0) is 19.7. The fraction of sp³-hybridized carbons (Fsp3) is 0.571. The second kappa shape index (κ2) is 7.91. The normalized spacial score (nSPS) is 21.2. The van der Waals surface area contributed by atoms with Crippen LogP contribution >= 0.6 is 0 Å². The van der Waals surface area contributed by atoms with Gasteiger partial charge in [-0.25, -0.2) is 4.98 Å². The van der Waals surface area contributed by atoms with Gasteiger partial charge in [-0.1, -0.05) is 12.8 Å². The molecule has 1 saturated heterocycles. The molecule has 2 N–H and O–H groups in total. The number of fused-ring (bicyclic) bond motifs is 1. The minimum absolute atomic E-state index is 0.0268. The molecule has 1 saturated carbocycles. The highest BCUT2D eigenvalue weighted by molar-refractivity contribution is 5.97. The molecule has 1 aliphatic carbocycles. The highest BCUT2D eigenvalue weighted by Crippen LogP contribution is 2.27. The second-order valence-electron chi connectivity index (χ2n) is 7.84. The third-order valence-electron chi connectivity index (χ3n) is 6.08. The molecule has 7 heteroatoms. The molecule has 2 aliphatic rings. The van der Waals surface area contributed by atoms with Crippen LogP contribution in [-0.2, 0) is 16.1 Å². The molecule has 1 aromatic carbocycles. The van der Waals surface area contributed by atoms with Crippen LogP contribution in [0.4, 0.5) is 5.69 Å². The van der Waals surface area contributed by atoms with E-state index in [1.165, 1.54) is 12.8 Å². The van der Waals surface area contributed by atoms with E-state index >= 15 is 0 Å². The highest BCUT2D eigenvalue weighted by Gasteiger charge is 2.36. The van der Waals surface area contributed by atoms with Gasteiger partial charge in [-0.3, -0.25) is 14.5 Å². The van der Waals surface area contributed by atoms with Crippen molar-refractivity contribution in [3.63, 3.8) is 0 Å². The average molecular weight is 383 g/mol. The molecule has 0 spiro atoms. The second-order valence-corrected chi connectivity index (χ2v) is 7.84. The Labute approximate surface area is 165 Å². The van der Waals surface area contributed by atoms with E-state index in [0.29, 0.717) is 12.6 Å². The van der Waals surface area contributed by atoms with Crippen LogP contribution in [0.25, 0.3) is 11.0 Å². The lowest BCUT2D eigenvalue weighted by Gasteiger charge is -2.38. The molecule has 2 fully saturated rings. The molecule has 4 rings (SSSR count). The first-order valence-electron chi connectivity index (χ1n) is 10.4. The number of nitrogens with one attached hydrogen (secondary N) is 2. The molecule has 0 bridgehead atoms. The molecule has 1 aromatic heterocycles. The van der Waals surface area contributed by atoms with Crippen LogP contribution in [0.3, 0.4) is 0 Å². The summed E-state index contributed by atoms with van der Waals surface area (Å²) in [6, 6.07) is 5.86. The Hall–Kier alpha value is -2.41. The summed E-state index contributed by atoms with van der Waals surface area (Å²) in [6.45, 7) is 6.44. The number of hydrogen-bond acceptors (Lipinski definition) is 4. The zero-order valence-electron chi connectivity index (χ0n) is 16.7. The van der Waals surface area contributed by atoms with Crippen LogP contribution in [0.2, 0.25) is 0 Å². The lowest BCUT2D eigenvalue weighted by atomic mass is 10.0. The van der Waals surface area contributed by atoms with Gasteiger partial charge in [-0.15, -0.1) is 0 Å². The van der Waals surface area contributed by atoms with Gasteiger partial charge in [0.05, 0.1) is 23.5 Å². The largest absolute Gasteiger partial charge is 0.353 e. The number of rotatable bonds is 5. The molecular weight excluding hydrogens is 354 g/mol. The molecule has 1 aliphatic heterocycles. The summed E-state index contributed by atoms with van der Waals surface area (Å²) in [5.74, 6) is 0.809. The van der Waals surface area contributed by atoms with Gasteiger partial charge in [-0.2, -0.15) is 0 Å². The Kier molecular flexibility index (Phi) is 5.35. The monoisotopic (exact) mass is 383 g/mol. The number of imidazole rings is 1. The lowest BCUT2D eigenvalue weighted by molar-refractivity contribution is -0.133. The van der Waals surface area contributed by atoms with E-state index in [0.717, 1.165) is 48.5 Å². The molecule has 2 heterocycles. The summed E-state index contributed by atoms with van der Waals surface area (Å²) in [5.41, 5.74) is 2.67. The molecule has 0 radical (unpaired) electrons. The Bertz CT molecular complexity index is 884. The van der Waals surface area contributed by atoms with Crippen LogP contribution < -0.4 is 10.6 Å². The van der Waals surface area contributed by atoms with Gasteiger partial charge in [0.1, 0.15) is 5.82 Å². The van der Waals surface area contributed by atoms with Crippen molar-refractivity contribution in [3.05, 3.63) is 24.0 Å². The van der Waals surface area contributed by atoms with Crippen molar-refractivity contribution in [3.8, 4) is 0 Å². The average Bonchev–Trinajstić information content (AvgIpc) is 3.30. The highest BCUT2D eigenvalue weighted by atomic mass is 16.2. The van der Waals surface area contributed by atoms with Crippen molar-refractivity contribution in [1.29, 1.82) is 0 Å². The fourth-order valence-corrected chi connectivity index (χ4v) is 4.73. The summed E-state index contributed by atoms with van der Waals surface area (Å²) in [6.07, 6.45) is 4.86. The summed E-state index contributed by atoms with van der Waals surface area (Å²) in [4.78, 5) is 32.0. The van der Waals surface area contributed by atoms with Crippen LogP contribution in [0.1, 0.15) is 44.9 Å². The van der Waals surface area contributed by atoms with Crippen LogP contribution in [0.5, 0.6) is 0 Å². The minimum atomic E-state index is -0.373. The topological polar surface area (TPSA) is 79.3 Å². The van der Waals surface area contributed by atoms with Gasteiger partial charge >= 0.3 is 0 Å². The van der Waals surface area contributed by atoms with Crippen molar-refractivity contribution in [2.75, 3.05) is 18.4 Å². The molecule has 0 unspecified atom stereocenters. The van der Waals surface area contributed by atoms with E-state index < -0.39 is 0 Å². The Balaban J connectivity index is 1.46. The van der Waals surface area contributed by atoms with Crippen LogP contribution in [-0.4, -0.2) is 51.4 Å². The van der Waals surface area contributed by atoms with Gasteiger partial charge in [-0.05, 0) is 44.9 Å². The lowest BCUT2D eigenvalue weighted by Crippen LogP contribution is -2.58. The van der Waals surface area contributed by atoms with Crippen LogP contribution in [0, 0.1) is 6.92 Å². The number of hydrogen-bond donors (Lipinski definition) is 2. The van der Waals surface area contributed by atoms with E-state index in [-0.39, 0.29) is 24.3 Å². The first-order valence-corrected chi connectivity index (χ1v) is 10.4. The van der Waals surface area contributed by atoms with Gasteiger partial charge in [0, 0.05) is 31.4 Å². The number of amides is 2. The Morgan fingerprint density at radius 3 is 2.86 bits per heavy atom. The molecule has 150 valence electrons. The first-order chi connectivity index (χ1) is 13.6. The minimum Gasteiger partial charge on any atom is -0.353 e. The predicted octanol–water partition coefficient (Wildman–Crippen LogP) is 2.44. The van der Waals surface area contributed by atoms with Gasteiger partial charge in [0.25, 0.3) is 0 Å². The molecule has 28 heavy (non-hydrogen) atoms. The quantitative estimate of drug-likeness (QED) is 0.831. The summed E-state index contributed by atoms with van der Waals surface area (Å²) in [7, 11) is 0. The third-order valence-corrected chi connectivity index (χ3v) is 6.08. The maximum absolute atomic E-state index is 12.7. The standard InChI is InChI=1S/C21H29N5O2/c1-3-25-14(2)23-17-12-15(8-9-18(17)25)24-20(27)13-19-21(28)22-10-11-26(19)16-6-4-5-7-16/h8-9,12,16,19H,3-7,10-11,13H2,1-2H3,(H,22,28)(H,24,27)/t19-/m0/s1. The van der Waals surface area contributed by atoms with Crippen molar-refractivity contribution >= 4 is 28.5 Å². The number of benzene rings is 1. The first kappa shape index (κ1) is 18.9. The van der Waals surface area contributed by atoms with Crippen molar-refractivity contribution in [2.24, 2.45) is 0 Å². The number of piperazine rings is 1. The number of nitrogens with zero attached hydrogens (tertiary/aromatic N) is 3. The number of carbonyl (C=O) groups excluding carboxylic acids is 2. The predicted molar refractivity (Wildman–Crippen MR) is 109 cm³/mol. The van der Waals surface area contributed by atoms with Crippen molar-refractivity contribution in [1.82, 2.24) is 19.8 Å². The smallest absolute Gasteiger partial charge is 0.237 e. The number of aromatic nitrogens is 2. The van der Waals surface area contributed by atoms with Gasteiger partial charge in [0.15, 0.2) is 0 Å². The molecular formula is C21H29N5O2. The van der Waals surface area contributed by atoms with Crippen LogP contribution in [0.15, 0.2) is 18.2 Å². The van der Waals surface area contributed by atoms with E-state index in [9.17, 15) is 9.59 Å². The number of anilines is 1. The molecule has 2 aromatic rings. The zero-order valence-corrected chi connectivity index (χ0v) is 16.7. The summed E-state index contributed by atoms with van der Waals surface area (Å²) < 4.78 is 2.15. The third kappa shape index (κ3) is 3.63. The van der Waals surface area contributed by atoms with E-state index in [1.54, 1.807) is 0 Å². The van der Waals surface area contributed by atoms with Crippen molar-refractivity contribution in [2.45, 2.75) is 64.6 Å². The molecule has 1 atom stereocenters. The van der Waals surface area contributed by atoms with Gasteiger partial charge in [0.2, 0.25) is 11.8 Å². The number of carbonyl (C=O) groups is 2. The summed E-state index contributed by atoms with van der Waals surface area (Å²) >= 11 is 0. The SMILES string of the molecule is CCn1c(C)nc2cc(NC(=O)C[C@H]3C(=O)NCCN3C3CCCC3)ccc21.